The van der Waals surface area contributed by atoms with E-state index in [9.17, 15) is 14.8 Å². The van der Waals surface area contributed by atoms with Gasteiger partial charge in [-0.05, 0) is 24.7 Å². The van der Waals surface area contributed by atoms with Crippen LogP contribution in [0.5, 0.6) is 0 Å². The van der Waals surface area contributed by atoms with Crippen LogP contribution >= 0.6 is 8.25 Å². The van der Waals surface area contributed by atoms with Crippen LogP contribution in [0.3, 0.4) is 0 Å². The Morgan fingerprint density at radius 2 is 1.63 bits per heavy atom. The molecule has 2 fully saturated rings. The Kier molecular flexibility index (Phi) is 8.67. The van der Waals surface area contributed by atoms with Crippen LogP contribution in [-0.4, -0.2) is 65.5 Å². The van der Waals surface area contributed by atoms with E-state index in [1.54, 1.807) is 0 Å². The minimum Gasteiger partial charge on any atom is -0.394 e. The van der Waals surface area contributed by atoms with E-state index in [1.807, 2.05) is 27.7 Å². The molecule has 27 heavy (non-hydrogen) atoms. The number of ether oxygens (including phenoxy) is 3. The van der Waals surface area contributed by atoms with Crippen molar-refractivity contribution in [2.75, 3.05) is 13.2 Å². The zero-order valence-corrected chi connectivity index (χ0v) is 17.5. The third-order valence-electron chi connectivity index (χ3n) is 6.24. The van der Waals surface area contributed by atoms with Gasteiger partial charge in [0.2, 0.25) is 0 Å². The van der Waals surface area contributed by atoms with Crippen molar-refractivity contribution in [1.82, 2.24) is 0 Å². The van der Waals surface area contributed by atoms with Crippen molar-refractivity contribution in [3.63, 3.8) is 0 Å². The van der Waals surface area contributed by atoms with Crippen molar-refractivity contribution in [2.45, 2.75) is 71.4 Å². The summed E-state index contributed by atoms with van der Waals surface area (Å²) < 4.78 is 37.9. The topological polar surface area (TPSA) is 124 Å². The largest absolute Gasteiger partial charge is 0.394 e. The van der Waals surface area contributed by atoms with E-state index in [1.165, 1.54) is 0 Å². The normalized spacial score (nSPS) is 47.0. The highest BCUT2D eigenvalue weighted by atomic mass is 31.1. The Morgan fingerprint density at radius 3 is 2.22 bits per heavy atom. The van der Waals surface area contributed by atoms with Crippen LogP contribution in [0.2, 0.25) is 0 Å². The second-order valence-corrected chi connectivity index (χ2v) is 8.71. The summed E-state index contributed by atoms with van der Waals surface area (Å²) in [7, 11) is -3.08. The van der Waals surface area contributed by atoms with Gasteiger partial charge in [0.1, 0.15) is 12.2 Å². The highest BCUT2D eigenvalue weighted by Gasteiger charge is 2.45. The average molecular weight is 412 g/mol. The predicted octanol–water partition coefficient (Wildman–Crippen LogP) is 1.68. The highest BCUT2D eigenvalue weighted by molar-refractivity contribution is 7.33. The van der Waals surface area contributed by atoms with Gasteiger partial charge in [-0.1, -0.05) is 27.7 Å². The predicted molar refractivity (Wildman–Crippen MR) is 96.3 cm³/mol. The minimum absolute atomic E-state index is 0.0136. The van der Waals surface area contributed by atoms with Gasteiger partial charge in [-0.3, -0.25) is 4.57 Å². The lowest BCUT2D eigenvalue weighted by Gasteiger charge is -2.45. The Balaban J connectivity index is 1.98. The lowest BCUT2D eigenvalue weighted by Crippen LogP contribution is -2.54. The third kappa shape index (κ3) is 5.29. The summed E-state index contributed by atoms with van der Waals surface area (Å²) >= 11 is 0. The fraction of sp³-hybridized carbons (Fsp3) is 1.00. The molecule has 0 bridgehead atoms. The van der Waals surface area contributed by atoms with Crippen molar-refractivity contribution in [2.24, 2.45) is 23.7 Å². The molecule has 2 aliphatic rings. The van der Waals surface area contributed by atoms with E-state index >= 15 is 0 Å². The molecule has 2 saturated heterocycles. The maximum absolute atomic E-state index is 11.4. The number of aliphatic hydroxyl groups is 2. The van der Waals surface area contributed by atoms with E-state index in [4.69, 9.17) is 24.0 Å². The second-order valence-electron chi connectivity index (χ2n) is 7.79. The Bertz CT molecular complexity index is 491. The molecule has 2 heterocycles. The molecular formula is C17H33O9P. The standard InChI is InChI=1S/C17H33O9P/c1-8-9(2)15(19)14(23-12(8)5)7-22-17-11(4)10(3)16(13(6-18)24-17)25-27(21)26-20/h8-20,27H,6-7H2,1-5H3/t8-,9-,10-,11-,12?,13-,14-,15+,16+,17-/m1/s1. The Morgan fingerprint density at radius 1 is 0.963 bits per heavy atom. The lowest BCUT2D eigenvalue weighted by atomic mass is 9.82. The van der Waals surface area contributed by atoms with E-state index in [0.29, 0.717) is 0 Å². The molecule has 0 amide bonds. The summed E-state index contributed by atoms with van der Waals surface area (Å²) in [5, 5.41) is 28.6. The molecule has 0 aromatic rings. The minimum atomic E-state index is -3.08. The lowest BCUT2D eigenvalue weighted by molar-refractivity contribution is -0.282. The molecule has 2 aliphatic heterocycles. The van der Waals surface area contributed by atoms with Gasteiger partial charge >= 0.3 is 8.25 Å². The summed E-state index contributed by atoms with van der Waals surface area (Å²) in [5.41, 5.74) is 0. The number of hydrogen-bond donors (Lipinski definition) is 3. The Hall–Kier alpha value is -0.0900. The van der Waals surface area contributed by atoms with Crippen LogP contribution in [0.1, 0.15) is 34.6 Å². The molecule has 160 valence electrons. The summed E-state index contributed by atoms with van der Waals surface area (Å²) in [6.45, 7) is 9.58. The average Bonchev–Trinajstić information content (AvgIpc) is 2.66. The second kappa shape index (κ2) is 10.1. The van der Waals surface area contributed by atoms with Gasteiger partial charge < -0.3 is 28.9 Å². The molecule has 0 aromatic heterocycles. The van der Waals surface area contributed by atoms with Gasteiger partial charge in [0.25, 0.3) is 0 Å². The first-order valence-electron chi connectivity index (χ1n) is 9.44. The monoisotopic (exact) mass is 412 g/mol. The van der Waals surface area contributed by atoms with Gasteiger partial charge in [0.05, 0.1) is 31.5 Å². The van der Waals surface area contributed by atoms with Gasteiger partial charge in [0.15, 0.2) is 6.29 Å². The van der Waals surface area contributed by atoms with E-state index in [0.717, 1.165) is 0 Å². The van der Waals surface area contributed by atoms with Crippen molar-refractivity contribution < 1.29 is 43.4 Å². The van der Waals surface area contributed by atoms with Gasteiger partial charge in [-0.25, -0.2) is 5.26 Å². The van der Waals surface area contributed by atoms with Crippen LogP contribution in [-0.2, 0) is 28.0 Å². The summed E-state index contributed by atoms with van der Waals surface area (Å²) in [4.78, 5) is 0. The molecule has 0 spiro atoms. The van der Waals surface area contributed by atoms with Crippen LogP contribution in [0.25, 0.3) is 0 Å². The maximum atomic E-state index is 11.4. The van der Waals surface area contributed by atoms with Gasteiger partial charge in [-0.2, -0.15) is 4.67 Å². The summed E-state index contributed by atoms with van der Waals surface area (Å²) in [5.74, 6) is 0.000510. The molecular weight excluding hydrogens is 379 g/mol. The molecule has 11 atom stereocenters. The van der Waals surface area contributed by atoms with E-state index in [2.05, 4.69) is 11.6 Å². The molecule has 0 aliphatic carbocycles. The SMILES string of the molecule is CC1O[C@H](CO[C@@H]2O[C@H](CO)[C@@H](O[PH](=O)OO)[C@H](C)[C@H]2C)[C@@H](O)[C@H](C)[C@H]1C. The van der Waals surface area contributed by atoms with E-state index in [-0.39, 0.29) is 43.0 Å². The van der Waals surface area contributed by atoms with Crippen molar-refractivity contribution in [3.05, 3.63) is 0 Å². The van der Waals surface area contributed by atoms with Crippen molar-refractivity contribution in [1.29, 1.82) is 0 Å². The molecule has 0 aromatic carbocycles. The fourth-order valence-corrected chi connectivity index (χ4v) is 4.43. The van der Waals surface area contributed by atoms with Crippen LogP contribution in [0, 0.1) is 23.7 Å². The molecule has 2 unspecified atom stereocenters. The quantitative estimate of drug-likeness (QED) is 0.325. The fourth-order valence-electron chi connectivity index (χ4n) is 3.80. The van der Waals surface area contributed by atoms with E-state index < -0.39 is 39.0 Å². The number of aliphatic hydroxyl groups excluding tert-OH is 2. The zero-order valence-electron chi connectivity index (χ0n) is 16.5. The molecule has 9 nitrogen and oxygen atoms in total. The molecule has 2 rings (SSSR count). The van der Waals surface area contributed by atoms with Crippen LogP contribution < -0.4 is 0 Å². The maximum Gasteiger partial charge on any atom is 0.347 e. The first-order chi connectivity index (χ1) is 12.7. The Labute approximate surface area is 160 Å². The smallest absolute Gasteiger partial charge is 0.347 e. The first kappa shape index (κ1) is 23.2. The van der Waals surface area contributed by atoms with Crippen molar-refractivity contribution >= 4 is 8.25 Å². The third-order valence-corrected chi connectivity index (χ3v) is 6.86. The van der Waals surface area contributed by atoms with Crippen LogP contribution in [0.4, 0.5) is 0 Å². The summed E-state index contributed by atoms with van der Waals surface area (Å²) in [6.07, 6.45) is -3.21. The van der Waals surface area contributed by atoms with Crippen LogP contribution in [0.15, 0.2) is 0 Å². The van der Waals surface area contributed by atoms with Gasteiger partial charge in [-0.15, -0.1) is 0 Å². The number of hydrogen-bond acceptors (Lipinski definition) is 9. The molecule has 10 heteroatoms. The summed E-state index contributed by atoms with van der Waals surface area (Å²) in [6, 6.07) is 0. The van der Waals surface area contributed by atoms with Gasteiger partial charge in [0, 0.05) is 5.92 Å². The van der Waals surface area contributed by atoms with Crippen molar-refractivity contribution in [3.8, 4) is 0 Å². The molecule has 0 saturated carbocycles. The number of rotatable bonds is 7. The molecule has 3 N–H and O–H groups in total. The zero-order chi connectivity index (χ0) is 20.3. The molecule has 0 radical (unpaired) electrons. The highest BCUT2D eigenvalue weighted by Crippen LogP contribution is 2.39. The first-order valence-corrected chi connectivity index (χ1v) is 10.7.